The monoisotopic (exact) mass is 558 g/mol. The van der Waals surface area contributed by atoms with E-state index in [2.05, 4.69) is 16.8 Å². The molecule has 3 aliphatic rings. The summed E-state index contributed by atoms with van der Waals surface area (Å²) < 4.78 is 0. The number of ketones is 4. The highest BCUT2D eigenvalue weighted by Crippen LogP contribution is 2.52. The van der Waals surface area contributed by atoms with Gasteiger partial charge in [0, 0.05) is 31.9 Å². The Morgan fingerprint density at radius 3 is 2.39 bits per heavy atom. The van der Waals surface area contributed by atoms with E-state index >= 15 is 0 Å². The Morgan fingerprint density at radius 1 is 1.10 bits per heavy atom. The van der Waals surface area contributed by atoms with Gasteiger partial charge in [0.15, 0.2) is 34.7 Å². The molecule has 1 amide bonds. The SMILES string of the molecule is CN(C)c1cc(C#Cc2ccccn2)c(O)c2c1C[C@@H]1C[C@@H]3[C@@H](N(C)C)C(=O)C(C(N)=O)C(=O)[C@]3(O)C(=O)C1C2=O. The number of hydrogen-bond donors (Lipinski definition) is 3. The number of phenols is 1. The van der Waals surface area contributed by atoms with E-state index in [-0.39, 0.29) is 24.0 Å². The molecule has 2 fully saturated rings. The third-order valence-electron chi connectivity index (χ3n) is 8.51. The summed E-state index contributed by atoms with van der Waals surface area (Å²) in [5.41, 5.74) is 4.20. The fourth-order valence-electron chi connectivity index (χ4n) is 6.71. The van der Waals surface area contributed by atoms with Crippen LogP contribution in [0, 0.1) is 35.5 Å². The van der Waals surface area contributed by atoms with Gasteiger partial charge in [-0.3, -0.25) is 28.9 Å². The molecule has 41 heavy (non-hydrogen) atoms. The van der Waals surface area contributed by atoms with E-state index in [4.69, 9.17) is 5.73 Å². The van der Waals surface area contributed by atoms with Crippen LogP contribution >= 0.6 is 0 Å². The molecular weight excluding hydrogens is 528 g/mol. The van der Waals surface area contributed by atoms with Gasteiger partial charge in [-0.2, -0.15) is 0 Å². The number of Topliss-reactive ketones (excluding diaryl/α,β-unsaturated/α-hetero) is 4. The van der Waals surface area contributed by atoms with Crippen LogP contribution in [0.1, 0.15) is 33.6 Å². The van der Waals surface area contributed by atoms with Crippen molar-refractivity contribution in [2.24, 2.45) is 29.4 Å². The van der Waals surface area contributed by atoms with Crippen molar-refractivity contribution in [3.05, 3.63) is 52.8 Å². The summed E-state index contributed by atoms with van der Waals surface area (Å²) >= 11 is 0. The molecule has 5 rings (SSSR count). The summed E-state index contributed by atoms with van der Waals surface area (Å²) in [5.74, 6) is -5.22. The molecule has 0 saturated heterocycles. The van der Waals surface area contributed by atoms with E-state index < -0.39 is 70.1 Å². The highest BCUT2D eigenvalue weighted by Gasteiger charge is 2.69. The molecular formula is C30H30N4O7. The highest BCUT2D eigenvalue weighted by atomic mass is 16.3. The average Bonchev–Trinajstić information content (AvgIpc) is 2.90. The first-order valence-corrected chi connectivity index (χ1v) is 13.1. The first-order chi connectivity index (χ1) is 19.3. The number of aromatic nitrogens is 1. The fraction of sp³-hybridized carbons (Fsp3) is 0.400. The summed E-state index contributed by atoms with van der Waals surface area (Å²) in [4.78, 5) is 74.2. The third-order valence-corrected chi connectivity index (χ3v) is 8.51. The molecule has 2 aromatic rings. The van der Waals surface area contributed by atoms with Crippen molar-refractivity contribution in [3.8, 4) is 17.6 Å². The number of fused-ring (bicyclic) bond motifs is 3. The molecule has 0 bridgehead atoms. The number of anilines is 1. The van der Waals surface area contributed by atoms with Gasteiger partial charge in [-0.05, 0) is 62.5 Å². The van der Waals surface area contributed by atoms with Crippen molar-refractivity contribution >= 4 is 34.7 Å². The van der Waals surface area contributed by atoms with Gasteiger partial charge >= 0.3 is 0 Å². The van der Waals surface area contributed by atoms with E-state index in [0.29, 0.717) is 16.9 Å². The minimum absolute atomic E-state index is 0.0151. The maximum atomic E-state index is 14.1. The number of carbonyl (C=O) groups is 5. The van der Waals surface area contributed by atoms with Gasteiger partial charge in [-0.1, -0.05) is 12.0 Å². The van der Waals surface area contributed by atoms with Gasteiger partial charge in [-0.25, -0.2) is 4.98 Å². The molecule has 0 radical (unpaired) electrons. The predicted molar refractivity (Wildman–Crippen MR) is 146 cm³/mol. The summed E-state index contributed by atoms with van der Waals surface area (Å²) in [7, 11) is 6.64. The van der Waals surface area contributed by atoms with Gasteiger partial charge in [0.25, 0.3) is 0 Å². The number of amides is 1. The Bertz CT molecular complexity index is 1570. The zero-order valence-corrected chi connectivity index (χ0v) is 23.0. The molecule has 11 heteroatoms. The highest BCUT2D eigenvalue weighted by molar-refractivity contribution is 6.32. The standard InChI is InChI=1S/C30H30N4O7/c1-33(2)19-13-14(8-9-16-7-5-6-10-32-16)24(35)21-17(19)11-15-12-18-23(34(3)4)26(37)22(29(31)40)28(39)30(18,41)27(38)20(15)25(21)36/h5-7,10,13,15,18,20,22-23,35,41H,11-12H2,1-4H3,(H2,31,40)/t15-,18-,20?,22?,23-,30-/m1/s1. The molecule has 212 valence electrons. The van der Waals surface area contributed by atoms with E-state index in [0.717, 1.165) is 0 Å². The zero-order valence-electron chi connectivity index (χ0n) is 23.0. The van der Waals surface area contributed by atoms with Crippen LogP contribution in [0.4, 0.5) is 5.69 Å². The van der Waals surface area contributed by atoms with Gasteiger partial charge in [-0.15, -0.1) is 0 Å². The molecule has 0 aliphatic heterocycles. The largest absolute Gasteiger partial charge is 0.506 e. The molecule has 1 aromatic carbocycles. The Balaban J connectivity index is 1.65. The van der Waals surface area contributed by atoms with Crippen LogP contribution in [0.5, 0.6) is 5.75 Å². The Morgan fingerprint density at radius 2 is 1.80 bits per heavy atom. The summed E-state index contributed by atoms with van der Waals surface area (Å²) in [6.07, 6.45) is 1.72. The number of carbonyl (C=O) groups excluding carboxylic acids is 5. The Hall–Kier alpha value is -4.40. The fourth-order valence-corrected chi connectivity index (χ4v) is 6.71. The first-order valence-electron chi connectivity index (χ1n) is 13.1. The molecule has 3 aliphatic carbocycles. The van der Waals surface area contributed by atoms with Crippen molar-refractivity contribution in [1.29, 1.82) is 0 Å². The lowest BCUT2D eigenvalue weighted by molar-refractivity contribution is -0.181. The maximum absolute atomic E-state index is 14.1. The lowest BCUT2D eigenvalue weighted by atomic mass is 9.52. The lowest BCUT2D eigenvalue weighted by Crippen LogP contribution is -2.74. The number of nitrogens with two attached hydrogens (primary N) is 1. The van der Waals surface area contributed by atoms with Gasteiger partial charge in [0.05, 0.1) is 23.1 Å². The predicted octanol–water partition coefficient (Wildman–Crippen LogP) is -0.272. The number of pyridine rings is 1. The number of hydrogen-bond acceptors (Lipinski definition) is 10. The topological polar surface area (TPSA) is 171 Å². The molecule has 2 unspecified atom stereocenters. The first kappa shape index (κ1) is 28.1. The van der Waals surface area contributed by atoms with Crippen LogP contribution in [0.25, 0.3) is 0 Å². The normalized spacial score (nSPS) is 28.8. The summed E-state index contributed by atoms with van der Waals surface area (Å²) in [5, 5.41) is 23.0. The third kappa shape index (κ3) is 4.13. The number of nitrogens with zero attached hydrogens (tertiary/aromatic N) is 3. The molecule has 0 spiro atoms. The van der Waals surface area contributed by atoms with Crippen molar-refractivity contribution in [1.82, 2.24) is 9.88 Å². The quantitative estimate of drug-likeness (QED) is 0.336. The molecule has 4 N–H and O–H groups in total. The summed E-state index contributed by atoms with van der Waals surface area (Å²) in [6.45, 7) is 0. The van der Waals surface area contributed by atoms with Crippen LogP contribution in [-0.2, 0) is 25.6 Å². The van der Waals surface area contributed by atoms with Crippen LogP contribution in [0.15, 0.2) is 30.5 Å². The van der Waals surface area contributed by atoms with Crippen LogP contribution in [-0.4, -0.2) is 89.0 Å². The molecule has 2 saturated carbocycles. The number of phenolic OH excluding ortho intramolecular Hbond substituents is 1. The number of aromatic hydroxyl groups is 1. The average molecular weight is 559 g/mol. The second-order valence-electron chi connectivity index (χ2n) is 11.3. The van der Waals surface area contributed by atoms with Crippen molar-refractivity contribution in [2.45, 2.75) is 24.5 Å². The zero-order chi connectivity index (χ0) is 30.0. The van der Waals surface area contributed by atoms with Crippen molar-refractivity contribution in [2.75, 3.05) is 33.1 Å². The molecule has 1 heterocycles. The Labute approximate surface area is 236 Å². The smallest absolute Gasteiger partial charge is 0.235 e. The Kier molecular flexibility index (Phi) is 6.80. The molecule has 6 atom stereocenters. The van der Waals surface area contributed by atoms with Gasteiger partial charge in [0.2, 0.25) is 5.91 Å². The number of primary amides is 1. The van der Waals surface area contributed by atoms with Crippen molar-refractivity contribution < 1.29 is 34.2 Å². The second kappa shape index (κ2) is 9.90. The van der Waals surface area contributed by atoms with Gasteiger partial charge < -0.3 is 20.8 Å². The molecule has 11 nitrogen and oxygen atoms in total. The number of rotatable bonds is 3. The van der Waals surface area contributed by atoms with E-state index in [1.165, 1.54) is 4.90 Å². The van der Waals surface area contributed by atoms with Crippen LogP contribution in [0.2, 0.25) is 0 Å². The summed E-state index contributed by atoms with van der Waals surface area (Å²) in [6, 6.07) is 5.69. The number of benzene rings is 1. The van der Waals surface area contributed by atoms with E-state index in [9.17, 15) is 34.2 Å². The molecule has 1 aromatic heterocycles. The van der Waals surface area contributed by atoms with Gasteiger partial charge in [0.1, 0.15) is 11.4 Å². The number of likely N-dealkylation sites (N-methyl/N-ethyl adjacent to an activating group) is 1. The minimum atomic E-state index is -2.77. The van der Waals surface area contributed by atoms with Crippen LogP contribution < -0.4 is 10.6 Å². The van der Waals surface area contributed by atoms with E-state index in [1.807, 2.05) is 0 Å². The number of aliphatic hydroxyl groups is 1. The van der Waals surface area contributed by atoms with Crippen molar-refractivity contribution in [3.63, 3.8) is 0 Å². The lowest BCUT2D eigenvalue weighted by Gasteiger charge is -2.52. The van der Waals surface area contributed by atoms with E-state index in [1.54, 1.807) is 63.6 Å². The van der Waals surface area contributed by atoms with Crippen LogP contribution in [0.3, 0.4) is 0 Å². The maximum Gasteiger partial charge on any atom is 0.235 e. The second-order valence-corrected chi connectivity index (χ2v) is 11.3. The minimum Gasteiger partial charge on any atom is -0.506 e.